The maximum atomic E-state index is 11.3. The van der Waals surface area contributed by atoms with Gasteiger partial charge in [0.1, 0.15) is 0 Å². The first kappa shape index (κ1) is 10.4. The van der Waals surface area contributed by atoms with Crippen LogP contribution in [0.5, 0.6) is 0 Å². The molecular weight excluding hydrogens is 184 g/mol. The van der Waals surface area contributed by atoms with Crippen molar-refractivity contribution in [3.63, 3.8) is 0 Å². The summed E-state index contributed by atoms with van der Waals surface area (Å²) >= 11 is 0. The van der Waals surface area contributed by atoms with Gasteiger partial charge in [-0.2, -0.15) is 9.78 Å². The van der Waals surface area contributed by atoms with E-state index in [1.807, 2.05) is 0 Å². The first-order valence-electron chi connectivity index (χ1n) is 4.45. The molecule has 0 amide bonds. The predicted molar refractivity (Wildman–Crippen MR) is 49.1 cm³/mol. The Bertz CT molecular complexity index is 344. The largest absolute Gasteiger partial charge is 0.461 e. The number of rotatable bonds is 3. The van der Waals surface area contributed by atoms with Crippen molar-refractivity contribution in [2.75, 3.05) is 6.61 Å². The molecule has 0 atom stereocenters. The van der Waals surface area contributed by atoms with Crippen LogP contribution < -0.4 is 0 Å². The van der Waals surface area contributed by atoms with Crippen LogP contribution in [0.2, 0.25) is 0 Å². The van der Waals surface area contributed by atoms with E-state index in [0.717, 1.165) is 4.68 Å². The van der Waals surface area contributed by atoms with E-state index in [2.05, 4.69) is 5.10 Å². The molecule has 1 heterocycles. The van der Waals surface area contributed by atoms with E-state index in [1.165, 1.54) is 12.3 Å². The molecule has 0 radical (unpaired) electrons. The van der Waals surface area contributed by atoms with Gasteiger partial charge in [-0.15, -0.1) is 0 Å². The molecule has 0 aliphatic rings. The highest BCUT2D eigenvalue weighted by atomic mass is 16.5. The third-order valence-corrected chi connectivity index (χ3v) is 1.67. The van der Waals surface area contributed by atoms with Crippen molar-refractivity contribution >= 4 is 11.9 Å². The summed E-state index contributed by atoms with van der Waals surface area (Å²) < 4.78 is 5.84. The van der Waals surface area contributed by atoms with Gasteiger partial charge in [0.25, 0.3) is 0 Å². The van der Waals surface area contributed by atoms with Gasteiger partial charge in [0, 0.05) is 6.42 Å². The first-order valence-corrected chi connectivity index (χ1v) is 4.45. The van der Waals surface area contributed by atoms with E-state index in [9.17, 15) is 9.59 Å². The molecule has 0 saturated carbocycles. The molecule has 0 aromatic carbocycles. The van der Waals surface area contributed by atoms with Gasteiger partial charge in [-0.25, -0.2) is 4.79 Å². The van der Waals surface area contributed by atoms with E-state index in [1.54, 1.807) is 13.8 Å². The molecule has 1 aromatic rings. The lowest BCUT2D eigenvalue weighted by Gasteiger charge is -2.03. The number of ether oxygens (including phenoxy) is 1. The van der Waals surface area contributed by atoms with E-state index in [4.69, 9.17) is 4.74 Å². The lowest BCUT2D eigenvalue weighted by atomic mass is 10.4. The molecule has 0 fully saturated rings. The van der Waals surface area contributed by atoms with E-state index < -0.39 is 5.97 Å². The van der Waals surface area contributed by atoms with Crippen LogP contribution in [0.1, 0.15) is 35.6 Å². The Morgan fingerprint density at radius 3 is 2.79 bits per heavy atom. The monoisotopic (exact) mass is 196 g/mol. The summed E-state index contributed by atoms with van der Waals surface area (Å²) in [7, 11) is 0. The zero-order valence-corrected chi connectivity index (χ0v) is 8.19. The third kappa shape index (κ3) is 1.99. The molecule has 0 unspecified atom stereocenters. The average molecular weight is 196 g/mol. The maximum Gasteiger partial charge on any atom is 0.357 e. The van der Waals surface area contributed by atoms with Crippen molar-refractivity contribution in [1.29, 1.82) is 0 Å². The number of carbonyl (C=O) groups is 2. The summed E-state index contributed by atoms with van der Waals surface area (Å²) in [6.45, 7) is 3.70. The molecule has 5 heteroatoms. The Morgan fingerprint density at radius 1 is 1.50 bits per heavy atom. The van der Waals surface area contributed by atoms with Crippen molar-refractivity contribution in [1.82, 2.24) is 9.78 Å². The van der Waals surface area contributed by atoms with E-state index in [0.29, 0.717) is 6.42 Å². The lowest BCUT2D eigenvalue weighted by Crippen LogP contribution is -2.19. The lowest BCUT2D eigenvalue weighted by molar-refractivity contribution is 0.0505. The number of aromatic nitrogens is 2. The van der Waals surface area contributed by atoms with Crippen LogP contribution in [0.3, 0.4) is 0 Å². The minimum absolute atomic E-state index is 0.179. The Kier molecular flexibility index (Phi) is 3.39. The molecule has 0 saturated heterocycles. The summed E-state index contributed by atoms with van der Waals surface area (Å²) in [6, 6.07) is 1.46. The third-order valence-electron chi connectivity index (χ3n) is 1.67. The maximum absolute atomic E-state index is 11.3. The topological polar surface area (TPSA) is 61.2 Å². The molecule has 0 spiro atoms. The summed E-state index contributed by atoms with van der Waals surface area (Å²) in [5.41, 5.74) is 0.179. The highest BCUT2D eigenvalue weighted by Crippen LogP contribution is 2.02. The summed E-state index contributed by atoms with van der Waals surface area (Å²) in [5, 5.41) is 3.76. The van der Waals surface area contributed by atoms with Gasteiger partial charge in [0.05, 0.1) is 12.8 Å². The summed E-state index contributed by atoms with van der Waals surface area (Å²) in [6.07, 6.45) is 1.70. The van der Waals surface area contributed by atoms with Gasteiger partial charge in [-0.3, -0.25) is 4.79 Å². The molecule has 5 nitrogen and oxygen atoms in total. The molecular formula is C9H12N2O3. The highest BCUT2D eigenvalue weighted by molar-refractivity contribution is 5.92. The Labute approximate surface area is 81.7 Å². The van der Waals surface area contributed by atoms with Crippen LogP contribution in [0.15, 0.2) is 12.3 Å². The van der Waals surface area contributed by atoms with Crippen molar-refractivity contribution in [3.8, 4) is 0 Å². The fourth-order valence-electron chi connectivity index (χ4n) is 1.01. The second kappa shape index (κ2) is 4.55. The minimum atomic E-state index is -0.521. The van der Waals surface area contributed by atoms with Gasteiger partial charge >= 0.3 is 5.97 Å². The zero-order valence-electron chi connectivity index (χ0n) is 8.19. The minimum Gasteiger partial charge on any atom is -0.461 e. The Balaban J connectivity index is 2.92. The Morgan fingerprint density at radius 2 is 2.21 bits per heavy atom. The molecule has 0 aliphatic carbocycles. The second-order valence-electron chi connectivity index (χ2n) is 2.60. The van der Waals surface area contributed by atoms with Crippen LogP contribution in [0.4, 0.5) is 0 Å². The smallest absolute Gasteiger partial charge is 0.357 e. The summed E-state index contributed by atoms with van der Waals surface area (Å²) in [4.78, 5) is 22.6. The predicted octanol–water partition coefficient (Wildman–Crippen LogP) is 1.11. The molecule has 0 aliphatic heterocycles. The number of hydrogen-bond donors (Lipinski definition) is 0. The van der Waals surface area contributed by atoms with Crippen LogP contribution in [0, 0.1) is 0 Å². The van der Waals surface area contributed by atoms with Crippen LogP contribution in [0.25, 0.3) is 0 Å². The fourth-order valence-corrected chi connectivity index (χ4v) is 1.01. The number of nitrogens with zero attached hydrogens (tertiary/aromatic N) is 2. The fraction of sp³-hybridized carbons (Fsp3) is 0.444. The molecule has 0 bridgehead atoms. The van der Waals surface area contributed by atoms with Crippen LogP contribution >= 0.6 is 0 Å². The molecule has 0 N–H and O–H groups in total. The number of hydrogen-bond acceptors (Lipinski definition) is 4. The van der Waals surface area contributed by atoms with Crippen molar-refractivity contribution in [2.45, 2.75) is 20.3 Å². The standard InChI is InChI=1S/C9H12N2O3/c1-3-8(12)11-7(5-6-10-11)9(13)14-4-2/h5-6H,3-4H2,1-2H3. The molecule has 76 valence electrons. The second-order valence-corrected chi connectivity index (χ2v) is 2.60. The first-order chi connectivity index (χ1) is 6.70. The highest BCUT2D eigenvalue weighted by Gasteiger charge is 2.16. The quantitative estimate of drug-likeness (QED) is 0.679. The SMILES string of the molecule is CCOC(=O)c1ccnn1C(=O)CC. The van der Waals surface area contributed by atoms with Crippen molar-refractivity contribution in [2.24, 2.45) is 0 Å². The number of esters is 1. The molecule has 1 rings (SSSR count). The van der Waals surface area contributed by atoms with Gasteiger partial charge in [-0.05, 0) is 13.0 Å². The van der Waals surface area contributed by atoms with Crippen molar-refractivity contribution in [3.05, 3.63) is 18.0 Å². The Hall–Kier alpha value is -1.65. The van der Waals surface area contributed by atoms with E-state index >= 15 is 0 Å². The zero-order chi connectivity index (χ0) is 10.6. The summed E-state index contributed by atoms with van der Waals surface area (Å²) in [5.74, 6) is -0.746. The van der Waals surface area contributed by atoms with Crippen LogP contribution in [-0.2, 0) is 4.74 Å². The average Bonchev–Trinajstić information content (AvgIpc) is 2.65. The van der Waals surface area contributed by atoms with Gasteiger partial charge in [-0.1, -0.05) is 6.92 Å². The van der Waals surface area contributed by atoms with Crippen LogP contribution in [-0.4, -0.2) is 28.3 Å². The van der Waals surface area contributed by atoms with Gasteiger partial charge < -0.3 is 4.74 Å². The van der Waals surface area contributed by atoms with Gasteiger partial charge in [0.2, 0.25) is 5.91 Å². The van der Waals surface area contributed by atoms with Crippen molar-refractivity contribution < 1.29 is 14.3 Å². The van der Waals surface area contributed by atoms with E-state index in [-0.39, 0.29) is 18.2 Å². The molecule has 14 heavy (non-hydrogen) atoms. The normalized spacial score (nSPS) is 9.86. The van der Waals surface area contributed by atoms with Gasteiger partial charge in [0.15, 0.2) is 5.69 Å². The molecule has 1 aromatic heterocycles. The number of carbonyl (C=O) groups excluding carboxylic acids is 2.